The van der Waals surface area contributed by atoms with E-state index in [1.54, 1.807) is 31.2 Å². The second-order valence-corrected chi connectivity index (χ2v) is 5.62. The Kier molecular flexibility index (Phi) is 4.01. The summed E-state index contributed by atoms with van der Waals surface area (Å²) < 4.78 is 5.23. The number of amides is 1. The molecule has 0 radical (unpaired) electrons. The molecule has 1 unspecified atom stereocenters. The first-order valence-electron chi connectivity index (χ1n) is 7.44. The van der Waals surface area contributed by atoms with E-state index in [1.807, 2.05) is 0 Å². The van der Waals surface area contributed by atoms with E-state index in [4.69, 9.17) is 4.42 Å². The molecule has 1 aromatic carbocycles. The van der Waals surface area contributed by atoms with Crippen molar-refractivity contribution in [2.45, 2.75) is 31.8 Å². The molecular formula is C16H17N3O4. The van der Waals surface area contributed by atoms with Crippen molar-refractivity contribution in [2.75, 3.05) is 5.32 Å². The molecule has 0 bridgehead atoms. The van der Waals surface area contributed by atoms with Gasteiger partial charge >= 0.3 is 0 Å². The van der Waals surface area contributed by atoms with Gasteiger partial charge in [-0.1, -0.05) is 0 Å². The predicted molar refractivity (Wildman–Crippen MR) is 84.3 cm³/mol. The summed E-state index contributed by atoms with van der Waals surface area (Å²) in [5.41, 5.74) is 0.611. The molecule has 1 aliphatic rings. The Morgan fingerprint density at radius 2 is 2.17 bits per heavy atom. The molecular weight excluding hydrogens is 298 g/mol. The van der Waals surface area contributed by atoms with E-state index in [1.165, 1.54) is 12.3 Å². The van der Waals surface area contributed by atoms with Crippen LogP contribution in [0.2, 0.25) is 0 Å². The van der Waals surface area contributed by atoms with Crippen molar-refractivity contribution in [2.24, 2.45) is 0 Å². The Balaban J connectivity index is 1.77. The highest BCUT2D eigenvalue weighted by molar-refractivity contribution is 5.96. The number of nitro groups is 1. The van der Waals surface area contributed by atoms with Crippen molar-refractivity contribution in [3.63, 3.8) is 0 Å². The Morgan fingerprint density at radius 3 is 2.78 bits per heavy atom. The maximum absolute atomic E-state index is 12.3. The topological polar surface area (TPSA) is 97.4 Å². The van der Waals surface area contributed by atoms with Crippen LogP contribution in [0.4, 0.5) is 11.4 Å². The van der Waals surface area contributed by atoms with Gasteiger partial charge in [0.2, 0.25) is 0 Å². The summed E-state index contributed by atoms with van der Waals surface area (Å²) in [6.45, 7) is 1.79. The Morgan fingerprint density at radius 1 is 1.39 bits per heavy atom. The van der Waals surface area contributed by atoms with Gasteiger partial charge in [-0.05, 0) is 44.0 Å². The van der Waals surface area contributed by atoms with Gasteiger partial charge in [0.05, 0.1) is 17.2 Å². The van der Waals surface area contributed by atoms with Crippen LogP contribution in [0.3, 0.4) is 0 Å². The summed E-state index contributed by atoms with van der Waals surface area (Å²) >= 11 is 0. The first-order valence-corrected chi connectivity index (χ1v) is 7.44. The summed E-state index contributed by atoms with van der Waals surface area (Å²) in [6.07, 6.45) is 3.56. The number of hydrogen-bond donors (Lipinski definition) is 2. The number of nitrogens with one attached hydrogen (secondary N) is 2. The average Bonchev–Trinajstić information content (AvgIpc) is 3.16. The molecule has 23 heavy (non-hydrogen) atoms. The molecule has 1 atom stereocenters. The third-order valence-electron chi connectivity index (χ3n) is 3.71. The van der Waals surface area contributed by atoms with E-state index < -0.39 is 4.92 Å². The Bertz CT molecular complexity index is 723. The van der Waals surface area contributed by atoms with Crippen molar-refractivity contribution in [3.05, 3.63) is 58.0 Å². The van der Waals surface area contributed by atoms with E-state index in [0.717, 1.165) is 12.8 Å². The van der Waals surface area contributed by atoms with Gasteiger partial charge in [0, 0.05) is 17.7 Å². The Hall–Kier alpha value is -2.83. The highest BCUT2D eigenvalue weighted by Gasteiger charge is 2.25. The largest absolute Gasteiger partial charge is 0.467 e. The van der Waals surface area contributed by atoms with Crippen molar-refractivity contribution in [1.29, 1.82) is 0 Å². The van der Waals surface area contributed by atoms with Crippen LogP contribution in [-0.2, 0) is 0 Å². The first-order chi connectivity index (χ1) is 11.0. The third kappa shape index (κ3) is 3.50. The highest BCUT2D eigenvalue weighted by Crippen LogP contribution is 2.31. The summed E-state index contributed by atoms with van der Waals surface area (Å²) in [5, 5.41) is 17.1. The molecule has 120 valence electrons. The summed E-state index contributed by atoms with van der Waals surface area (Å²) in [7, 11) is 0. The van der Waals surface area contributed by atoms with Gasteiger partial charge in [-0.3, -0.25) is 14.9 Å². The number of nitrogens with zero attached hydrogens (tertiary/aromatic N) is 1. The van der Waals surface area contributed by atoms with E-state index in [2.05, 4.69) is 10.6 Å². The molecule has 1 heterocycles. The fraction of sp³-hybridized carbons (Fsp3) is 0.312. The number of rotatable bonds is 6. The monoisotopic (exact) mass is 315 g/mol. The molecule has 1 fully saturated rings. The number of anilines is 1. The lowest BCUT2D eigenvalue weighted by Gasteiger charge is -2.12. The lowest BCUT2D eigenvalue weighted by molar-refractivity contribution is -0.384. The van der Waals surface area contributed by atoms with Gasteiger partial charge < -0.3 is 15.1 Å². The number of carbonyl (C=O) groups excluding carboxylic acids is 1. The van der Waals surface area contributed by atoms with Gasteiger partial charge in [-0.25, -0.2) is 0 Å². The molecule has 0 aliphatic heterocycles. The first kappa shape index (κ1) is 15.1. The molecule has 0 spiro atoms. The molecule has 0 saturated heterocycles. The second-order valence-electron chi connectivity index (χ2n) is 5.62. The van der Waals surface area contributed by atoms with E-state index in [0.29, 0.717) is 17.5 Å². The molecule has 2 aromatic rings. The van der Waals surface area contributed by atoms with Crippen molar-refractivity contribution < 1.29 is 14.1 Å². The van der Waals surface area contributed by atoms with Crippen LogP contribution in [0.1, 0.15) is 41.9 Å². The fourth-order valence-corrected chi connectivity index (χ4v) is 2.28. The number of carbonyl (C=O) groups is 1. The van der Waals surface area contributed by atoms with Gasteiger partial charge in [-0.15, -0.1) is 0 Å². The zero-order valence-corrected chi connectivity index (χ0v) is 12.6. The predicted octanol–water partition coefficient (Wildman–Crippen LogP) is 3.25. The third-order valence-corrected chi connectivity index (χ3v) is 3.71. The lowest BCUT2D eigenvalue weighted by atomic mass is 10.1. The number of furan rings is 1. The molecule has 1 aliphatic carbocycles. The Labute approximate surface area is 132 Å². The zero-order chi connectivity index (χ0) is 16.4. The number of benzene rings is 1. The average molecular weight is 315 g/mol. The molecule has 1 saturated carbocycles. The number of nitro benzene ring substituents is 1. The van der Waals surface area contributed by atoms with E-state index >= 15 is 0 Å². The molecule has 3 rings (SSSR count). The van der Waals surface area contributed by atoms with Crippen LogP contribution < -0.4 is 10.6 Å². The quantitative estimate of drug-likeness (QED) is 0.630. The van der Waals surface area contributed by atoms with Crippen LogP contribution in [0.15, 0.2) is 41.0 Å². The molecule has 1 aromatic heterocycles. The van der Waals surface area contributed by atoms with Crippen molar-refractivity contribution in [3.8, 4) is 0 Å². The van der Waals surface area contributed by atoms with E-state index in [9.17, 15) is 14.9 Å². The normalized spacial score (nSPS) is 15.0. The molecule has 7 heteroatoms. The standard InChI is InChI=1S/C16H17N3O4/c1-10(15-3-2-8-23-15)17-16(20)11-4-7-13(18-12-5-6-12)14(9-11)19(21)22/h2-4,7-10,12,18H,5-6H2,1H3,(H,17,20). The van der Waals surface area contributed by atoms with Gasteiger partial charge in [-0.2, -0.15) is 0 Å². The van der Waals surface area contributed by atoms with Crippen LogP contribution in [-0.4, -0.2) is 16.9 Å². The maximum Gasteiger partial charge on any atom is 0.293 e. The zero-order valence-electron chi connectivity index (χ0n) is 12.6. The highest BCUT2D eigenvalue weighted by atomic mass is 16.6. The van der Waals surface area contributed by atoms with E-state index in [-0.39, 0.29) is 23.2 Å². The fourth-order valence-electron chi connectivity index (χ4n) is 2.28. The van der Waals surface area contributed by atoms with Crippen LogP contribution >= 0.6 is 0 Å². The minimum absolute atomic E-state index is 0.0878. The van der Waals surface area contributed by atoms with Crippen LogP contribution in [0.25, 0.3) is 0 Å². The van der Waals surface area contributed by atoms with Crippen LogP contribution in [0, 0.1) is 10.1 Å². The minimum atomic E-state index is -0.475. The molecule has 2 N–H and O–H groups in total. The van der Waals surface area contributed by atoms with Gasteiger partial charge in [0.25, 0.3) is 11.6 Å². The molecule has 1 amide bonds. The smallest absolute Gasteiger partial charge is 0.293 e. The second kappa shape index (κ2) is 6.12. The molecule has 7 nitrogen and oxygen atoms in total. The summed E-state index contributed by atoms with van der Waals surface area (Å²) in [5.74, 6) is 0.245. The minimum Gasteiger partial charge on any atom is -0.467 e. The van der Waals surface area contributed by atoms with Crippen molar-refractivity contribution >= 4 is 17.3 Å². The van der Waals surface area contributed by atoms with Crippen molar-refractivity contribution in [1.82, 2.24) is 5.32 Å². The number of hydrogen-bond acceptors (Lipinski definition) is 5. The van der Waals surface area contributed by atoms with Crippen LogP contribution in [0.5, 0.6) is 0 Å². The summed E-state index contributed by atoms with van der Waals surface area (Å²) in [4.78, 5) is 23.0. The van der Waals surface area contributed by atoms with Gasteiger partial charge in [0.1, 0.15) is 11.4 Å². The SMILES string of the molecule is CC(NC(=O)c1ccc(NC2CC2)c([N+](=O)[O-])c1)c1ccco1. The lowest BCUT2D eigenvalue weighted by Crippen LogP contribution is -2.26. The summed E-state index contributed by atoms with van der Waals surface area (Å²) in [6, 6.07) is 7.95. The maximum atomic E-state index is 12.3. The van der Waals surface area contributed by atoms with Gasteiger partial charge in [0.15, 0.2) is 0 Å².